The van der Waals surface area contributed by atoms with Gasteiger partial charge in [0, 0.05) is 36.8 Å². The number of ether oxygens (including phenoxy) is 1. The van der Waals surface area contributed by atoms with Gasteiger partial charge in [-0.2, -0.15) is 0 Å². The van der Waals surface area contributed by atoms with Crippen LogP contribution in [0, 0.1) is 0 Å². The van der Waals surface area contributed by atoms with E-state index in [-0.39, 0.29) is 5.56 Å². The fourth-order valence-corrected chi connectivity index (χ4v) is 3.44. The van der Waals surface area contributed by atoms with Crippen molar-refractivity contribution in [3.63, 3.8) is 0 Å². The number of fused-ring (bicyclic) bond motifs is 1. The Morgan fingerprint density at radius 3 is 2.58 bits per heavy atom. The van der Waals surface area contributed by atoms with E-state index in [0.717, 1.165) is 38.4 Å². The molecule has 0 amide bonds. The molecular formula is C20H20ClN3O2. The Hall–Kier alpha value is -2.21. The van der Waals surface area contributed by atoms with Crippen LogP contribution < -0.4 is 5.56 Å². The predicted octanol–water partition coefficient (Wildman–Crippen LogP) is 3.05. The topological polar surface area (TPSA) is 47.4 Å². The highest BCUT2D eigenvalue weighted by molar-refractivity contribution is 6.31. The maximum Gasteiger partial charge on any atom is 0.261 e. The van der Waals surface area contributed by atoms with E-state index in [1.54, 1.807) is 22.8 Å². The summed E-state index contributed by atoms with van der Waals surface area (Å²) in [5.41, 5.74) is 1.52. The van der Waals surface area contributed by atoms with Crippen LogP contribution in [0.1, 0.15) is 0 Å². The van der Waals surface area contributed by atoms with Crippen LogP contribution in [0.5, 0.6) is 0 Å². The summed E-state index contributed by atoms with van der Waals surface area (Å²) in [6.07, 6.45) is 0. The third kappa shape index (κ3) is 3.51. The Balaban J connectivity index is 1.79. The molecule has 0 radical (unpaired) electrons. The maximum absolute atomic E-state index is 13.1. The number of hydrogen-bond donors (Lipinski definition) is 0. The normalized spacial score (nSPS) is 15.4. The number of rotatable bonds is 4. The van der Waals surface area contributed by atoms with Crippen LogP contribution in [0.3, 0.4) is 0 Å². The lowest BCUT2D eigenvalue weighted by Gasteiger charge is -2.27. The van der Waals surface area contributed by atoms with Crippen molar-refractivity contribution in [3.8, 4) is 11.4 Å². The molecule has 1 saturated heterocycles. The molecule has 2 heterocycles. The lowest BCUT2D eigenvalue weighted by molar-refractivity contribution is 0.0363. The number of halogens is 1. The Bertz CT molecular complexity index is 966. The van der Waals surface area contributed by atoms with Crippen molar-refractivity contribution in [1.29, 1.82) is 0 Å². The molecule has 0 bridgehead atoms. The number of nitrogens with zero attached hydrogens (tertiary/aromatic N) is 3. The molecule has 5 nitrogen and oxygen atoms in total. The van der Waals surface area contributed by atoms with Crippen molar-refractivity contribution in [2.24, 2.45) is 0 Å². The Labute approximate surface area is 156 Å². The van der Waals surface area contributed by atoms with Gasteiger partial charge < -0.3 is 4.74 Å². The first-order chi connectivity index (χ1) is 12.7. The largest absolute Gasteiger partial charge is 0.379 e. The number of morpholine rings is 1. The molecule has 3 aromatic rings. The van der Waals surface area contributed by atoms with Crippen molar-refractivity contribution in [1.82, 2.24) is 14.5 Å². The number of hydrogen-bond acceptors (Lipinski definition) is 4. The first-order valence-corrected chi connectivity index (χ1v) is 9.16. The number of aromatic nitrogens is 2. The van der Waals surface area contributed by atoms with E-state index in [1.807, 2.05) is 30.3 Å². The predicted molar refractivity (Wildman–Crippen MR) is 104 cm³/mol. The van der Waals surface area contributed by atoms with E-state index in [0.29, 0.717) is 28.3 Å². The molecule has 4 rings (SSSR count). The van der Waals surface area contributed by atoms with E-state index in [2.05, 4.69) is 4.90 Å². The zero-order valence-electron chi connectivity index (χ0n) is 14.4. The smallest absolute Gasteiger partial charge is 0.261 e. The highest BCUT2D eigenvalue weighted by Gasteiger charge is 2.15. The lowest BCUT2D eigenvalue weighted by Crippen LogP contribution is -2.39. The summed E-state index contributed by atoms with van der Waals surface area (Å²) in [6.45, 7) is 4.67. The average molecular weight is 370 g/mol. The second-order valence-corrected chi connectivity index (χ2v) is 6.81. The summed E-state index contributed by atoms with van der Waals surface area (Å²) in [4.78, 5) is 20.2. The first kappa shape index (κ1) is 17.2. The summed E-state index contributed by atoms with van der Waals surface area (Å²) in [5.74, 6) is 0.679. The maximum atomic E-state index is 13.1. The minimum Gasteiger partial charge on any atom is -0.379 e. The molecule has 1 fully saturated rings. The van der Waals surface area contributed by atoms with Crippen LogP contribution in [0.25, 0.3) is 22.3 Å². The van der Waals surface area contributed by atoms with Crippen LogP contribution in [0.4, 0.5) is 0 Å². The minimum atomic E-state index is -0.0289. The zero-order valence-corrected chi connectivity index (χ0v) is 15.2. The van der Waals surface area contributed by atoms with Crippen LogP contribution in [0.2, 0.25) is 5.02 Å². The Morgan fingerprint density at radius 1 is 1.04 bits per heavy atom. The van der Waals surface area contributed by atoms with Gasteiger partial charge >= 0.3 is 0 Å². The fraction of sp³-hybridized carbons (Fsp3) is 0.300. The van der Waals surface area contributed by atoms with Gasteiger partial charge in [0.05, 0.1) is 24.1 Å². The second-order valence-electron chi connectivity index (χ2n) is 6.37. The SMILES string of the molecule is O=c1c2ccc(Cl)cc2nc(-c2ccccc2)n1CCN1CCOCC1. The fourth-order valence-electron chi connectivity index (χ4n) is 3.28. The third-order valence-electron chi connectivity index (χ3n) is 4.69. The summed E-state index contributed by atoms with van der Waals surface area (Å²) in [7, 11) is 0. The molecule has 134 valence electrons. The first-order valence-electron chi connectivity index (χ1n) is 8.78. The highest BCUT2D eigenvalue weighted by atomic mass is 35.5. The quantitative estimate of drug-likeness (QED) is 0.709. The summed E-state index contributed by atoms with van der Waals surface area (Å²) in [6, 6.07) is 15.1. The Kier molecular flexibility index (Phi) is 5.02. The molecular weight excluding hydrogens is 350 g/mol. The van der Waals surface area contributed by atoms with Crippen molar-refractivity contribution in [2.45, 2.75) is 6.54 Å². The summed E-state index contributed by atoms with van der Waals surface area (Å²) >= 11 is 6.10. The van der Waals surface area contributed by atoms with Crippen molar-refractivity contribution < 1.29 is 4.74 Å². The molecule has 0 N–H and O–H groups in total. The molecule has 0 aliphatic carbocycles. The van der Waals surface area contributed by atoms with Crippen LogP contribution in [0.15, 0.2) is 53.3 Å². The van der Waals surface area contributed by atoms with E-state index in [9.17, 15) is 4.79 Å². The summed E-state index contributed by atoms with van der Waals surface area (Å²) in [5, 5.41) is 1.17. The molecule has 6 heteroatoms. The molecule has 0 unspecified atom stereocenters. The van der Waals surface area contributed by atoms with Crippen molar-refractivity contribution in [2.75, 3.05) is 32.8 Å². The van der Waals surface area contributed by atoms with Gasteiger partial charge in [0.2, 0.25) is 0 Å². The molecule has 0 spiro atoms. The Morgan fingerprint density at radius 2 is 1.81 bits per heavy atom. The van der Waals surface area contributed by atoms with Crippen molar-refractivity contribution >= 4 is 22.5 Å². The van der Waals surface area contributed by atoms with Gasteiger partial charge in [0.25, 0.3) is 5.56 Å². The van der Waals surface area contributed by atoms with Gasteiger partial charge in [-0.1, -0.05) is 41.9 Å². The molecule has 0 atom stereocenters. The van der Waals surface area contributed by atoms with E-state index in [1.165, 1.54) is 0 Å². The molecule has 1 aliphatic heterocycles. The molecule has 2 aromatic carbocycles. The lowest BCUT2D eigenvalue weighted by atomic mass is 10.1. The highest BCUT2D eigenvalue weighted by Crippen LogP contribution is 2.21. The van der Waals surface area contributed by atoms with Crippen molar-refractivity contribution in [3.05, 3.63) is 63.9 Å². The van der Waals surface area contributed by atoms with E-state index in [4.69, 9.17) is 21.3 Å². The van der Waals surface area contributed by atoms with Gasteiger partial charge in [-0.05, 0) is 18.2 Å². The number of benzene rings is 2. The minimum absolute atomic E-state index is 0.0289. The molecule has 26 heavy (non-hydrogen) atoms. The van der Waals surface area contributed by atoms with Gasteiger partial charge in [-0.15, -0.1) is 0 Å². The van der Waals surface area contributed by atoms with Gasteiger partial charge in [0.1, 0.15) is 5.82 Å². The molecule has 1 aliphatic rings. The van der Waals surface area contributed by atoms with Gasteiger partial charge in [-0.3, -0.25) is 14.3 Å². The van der Waals surface area contributed by atoms with E-state index >= 15 is 0 Å². The zero-order chi connectivity index (χ0) is 17.9. The monoisotopic (exact) mass is 369 g/mol. The van der Waals surface area contributed by atoms with Gasteiger partial charge in [-0.25, -0.2) is 4.98 Å². The third-order valence-corrected chi connectivity index (χ3v) is 4.93. The van der Waals surface area contributed by atoms with Crippen LogP contribution >= 0.6 is 11.6 Å². The van der Waals surface area contributed by atoms with E-state index < -0.39 is 0 Å². The molecule has 0 saturated carbocycles. The average Bonchev–Trinajstić information content (AvgIpc) is 2.68. The molecule has 1 aromatic heterocycles. The van der Waals surface area contributed by atoms with Crippen LogP contribution in [-0.4, -0.2) is 47.3 Å². The van der Waals surface area contributed by atoms with Crippen LogP contribution in [-0.2, 0) is 11.3 Å². The van der Waals surface area contributed by atoms with Gasteiger partial charge in [0.15, 0.2) is 0 Å². The summed E-state index contributed by atoms with van der Waals surface area (Å²) < 4.78 is 7.18. The second kappa shape index (κ2) is 7.58. The standard InChI is InChI=1S/C20H20ClN3O2/c21-16-6-7-17-18(14-16)22-19(15-4-2-1-3-5-15)24(20(17)25)9-8-23-10-12-26-13-11-23/h1-7,14H,8-13H2.